The van der Waals surface area contributed by atoms with Crippen molar-refractivity contribution in [3.8, 4) is 11.5 Å². The normalized spacial score (nSPS) is 23.6. The fourth-order valence-electron chi connectivity index (χ4n) is 3.57. The highest BCUT2D eigenvalue weighted by atomic mass is 35.5. The zero-order valence-corrected chi connectivity index (χ0v) is 16.4. The van der Waals surface area contributed by atoms with E-state index in [1.54, 1.807) is 22.5 Å². The molecule has 0 radical (unpaired) electrons. The van der Waals surface area contributed by atoms with E-state index >= 15 is 0 Å². The highest BCUT2D eigenvalue weighted by Crippen LogP contribution is 2.33. The first kappa shape index (κ1) is 20.3. The molecule has 2 fully saturated rings. The molecule has 1 aromatic carbocycles. The van der Waals surface area contributed by atoms with Crippen molar-refractivity contribution < 1.29 is 17.9 Å². The van der Waals surface area contributed by atoms with E-state index in [0.29, 0.717) is 49.8 Å². The number of ether oxygens (including phenoxy) is 2. The minimum Gasteiger partial charge on any atom is -0.490 e. The number of hydrogen-bond acceptors (Lipinski definition) is 5. The molecule has 0 spiro atoms. The zero-order valence-electron chi connectivity index (χ0n) is 14.7. The smallest absolute Gasteiger partial charge is 0.243 e. The van der Waals surface area contributed by atoms with Gasteiger partial charge in [-0.25, -0.2) is 8.42 Å². The first-order valence-corrected chi connectivity index (χ1v) is 10.1. The maximum absolute atomic E-state index is 13.0. The second-order valence-electron chi connectivity index (χ2n) is 6.24. The van der Waals surface area contributed by atoms with Crippen molar-refractivity contribution in [2.75, 3.05) is 32.8 Å². The summed E-state index contributed by atoms with van der Waals surface area (Å²) in [7, 11) is -3.50. The van der Waals surface area contributed by atoms with Gasteiger partial charge in [0.25, 0.3) is 0 Å². The minimum atomic E-state index is -3.50. The Kier molecular flexibility index (Phi) is 6.96. The lowest BCUT2D eigenvalue weighted by Gasteiger charge is -2.34. The van der Waals surface area contributed by atoms with Crippen molar-refractivity contribution in [1.29, 1.82) is 0 Å². The summed E-state index contributed by atoms with van der Waals surface area (Å²) < 4.78 is 38.7. The summed E-state index contributed by atoms with van der Waals surface area (Å²) in [4.78, 5) is 0.277. The number of halogens is 1. The van der Waals surface area contributed by atoms with Gasteiger partial charge in [0.05, 0.1) is 18.1 Å². The van der Waals surface area contributed by atoms with Crippen LogP contribution in [-0.2, 0) is 10.0 Å². The van der Waals surface area contributed by atoms with Crippen molar-refractivity contribution >= 4 is 22.4 Å². The molecule has 0 aliphatic carbocycles. The van der Waals surface area contributed by atoms with E-state index in [-0.39, 0.29) is 17.3 Å². The molecule has 0 saturated carbocycles. The van der Waals surface area contributed by atoms with Gasteiger partial charge in [-0.05, 0) is 51.3 Å². The zero-order chi connectivity index (χ0) is 17.2. The van der Waals surface area contributed by atoms with E-state index in [9.17, 15) is 8.42 Å². The molecule has 2 saturated heterocycles. The van der Waals surface area contributed by atoms with Crippen LogP contribution in [0.25, 0.3) is 0 Å². The second-order valence-corrected chi connectivity index (χ2v) is 8.17. The molecule has 0 bridgehead atoms. The number of sulfonamides is 1. The van der Waals surface area contributed by atoms with Crippen molar-refractivity contribution in [1.82, 2.24) is 9.62 Å². The van der Waals surface area contributed by atoms with E-state index in [1.165, 1.54) is 0 Å². The Morgan fingerprint density at radius 3 is 2.60 bits per heavy atom. The van der Waals surface area contributed by atoms with E-state index in [1.807, 2.05) is 13.8 Å². The molecule has 2 unspecified atom stereocenters. The van der Waals surface area contributed by atoms with Crippen molar-refractivity contribution in [2.24, 2.45) is 5.92 Å². The summed E-state index contributed by atoms with van der Waals surface area (Å²) in [5.41, 5.74) is 0. The van der Waals surface area contributed by atoms with Crippen LogP contribution in [-0.4, -0.2) is 51.6 Å². The Bertz CT molecular complexity index is 683. The van der Waals surface area contributed by atoms with Crippen LogP contribution in [0.3, 0.4) is 0 Å². The molecule has 25 heavy (non-hydrogen) atoms. The molecule has 8 heteroatoms. The van der Waals surface area contributed by atoms with E-state index in [4.69, 9.17) is 9.47 Å². The number of nitrogens with one attached hydrogen (secondary N) is 1. The molecule has 3 rings (SSSR count). The highest BCUT2D eigenvalue weighted by molar-refractivity contribution is 7.89. The maximum Gasteiger partial charge on any atom is 0.243 e. The topological polar surface area (TPSA) is 67.9 Å². The molecule has 2 heterocycles. The molecular formula is C17H27ClN2O4S. The van der Waals surface area contributed by atoms with Crippen LogP contribution in [0, 0.1) is 5.92 Å². The monoisotopic (exact) mass is 390 g/mol. The third-order valence-electron chi connectivity index (χ3n) is 4.77. The fourth-order valence-corrected chi connectivity index (χ4v) is 5.10. The minimum absolute atomic E-state index is 0. The summed E-state index contributed by atoms with van der Waals surface area (Å²) in [5, 5.41) is 3.46. The summed E-state index contributed by atoms with van der Waals surface area (Å²) in [6.45, 7) is 6.87. The summed E-state index contributed by atoms with van der Waals surface area (Å²) in [5.74, 6) is 1.48. The fraction of sp³-hybridized carbons (Fsp3) is 0.647. The van der Waals surface area contributed by atoms with E-state index in [2.05, 4.69) is 5.32 Å². The molecule has 142 valence electrons. The Morgan fingerprint density at radius 2 is 1.88 bits per heavy atom. The molecule has 1 aromatic rings. The Morgan fingerprint density at radius 1 is 1.16 bits per heavy atom. The van der Waals surface area contributed by atoms with Crippen LogP contribution < -0.4 is 14.8 Å². The van der Waals surface area contributed by atoms with Crippen LogP contribution >= 0.6 is 12.4 Å². The quantitative estimate of drug-likeness (QED) is 0.807. The molecule has 0 amide bonds. The number of piperidine rings is 1. The standard InChI is InChI=1S/C17H26N2O4S.ClH/c1-3-22-16-6-5-14(11-17(16)23-4-2)24(20,21)19-10-8-15-13(12-19)7-9-18-15;/h5-6,11,13,15,18H,3-4,7-10,12H2,1-2H3;1H. The number of rotatable bonds is 6. The van der Waals surface area contributed by atoms with Gasteiger partial charge in [-0.15, -0.1) is 12.4 Å². The summed E-state index contributed by atoms with van der Waals surface area (Å²) in [6, 6.07) is 5.35. The second kappa shape index (κ2) is 8.58. The Balaban J connectivity index is 0.00000225. The first-order valence-electron chi connectivity index (χ1n) is 8.69. The van der Waals surface area contributed by atoms with Crippen LogP contribution in [0.15, 0.2) is 23.1 Å². The Labute approximate surface area is 156 Å². The molecule has 2 aliphatic rings. The largest absolute Gasteiger partial charge is 0.490 e. The average Bonchev–Trinajstić information content (AvgIpc) is 3.04. The van der Waals surface area contributed by atoms with Gasteiger partial charge in [0.2, 0.25) is 10.0 Å². The van der Waals surface area contributed by atoms with Crippen molar-refractivity contribution in [3.05, 3.63) is 18.2 Å². The average molecular weight is 391 g/mol. The number of hydrogen-bond donors (Lipinski definition) is 1. The predicted molar refractivity (Wildman–Crippen MR) is 99.3 cm³/mol. The Hall–Kier alpha value is -1.02. The summed E-state index contributed by atoms with van der Waals surface area (Å²) in [6.07, 6.45) is 1.92. The van der Waals surface area contributed by atoms with Gasteiger partial charge in [-0.3, -0.25) is 0 Å². The van der Waals surface area contributed by atoms with Gasteiger partial charge in [-0.2, -0.15) is 4.31 Å². The van der Waals surface area contributed by atoms with E-state index < -0.39 is 10.0 Å². The lowest BCUT2D eigenvalue weighted by molar-refractivity contribution is 0.247. The number of fused-ring (bicyclic) bond motifs is 1. The van der Waals surface area contributed by atoms with Crippen LogP contribution in [0.4, 0.5) is 0 Å². The van der Waals surface area contributed by atoms with E-state index in [0.717, 1.165) is 19.4 Å². The lowest BCUT2D eigenvalue weighted by Crippen LogP contribution is -2.46. The third-order valence-corrected chi connectivity index (χ3v) is 6.63. The van der Waals surface area contributed by atoms with Gasteiger partial charge >= 0.3 is 0 Å². The number of nitrogens with zero attached hydrogens (tertiary/aromatic N) is 1. The molecule has 0 aromatic heterocycles. The van der Waals surface area contributed by atoms with Gasteiger partial charge < -0.3 is 14.8 Å². The molecule has 2 aliphatic heterocycles. The molecule has 6 nitrogen and oxygen atoms in total. The maximum atomic E-state index is 13.0. The van der Waals surface area contributed by atoms with Crippen molar-refractivity contribution in [2.45, 2.75) is 37.6 Å². The first-order chi connectivity index (χ1) is 11.6. The van der Waals surface area contributed by atoms with Crippen molar-refractivity contribution in [3.63, 3.8) is 0 Å². The number of benzene rings is 1. The van der Waals surface area contributed by atoms with Crippen LogP contribution in [0.1, 0.15) is 26.7 Å². The van der Waals surface area contributed by atoms with Gasteiger partial charge in [0, 0.05) is 25.2 Å². The molecule has 1 N–H and O–H groups in total. The molecule has 2 atom stereocenters. The molecular weight excluding hydrogens is 364 g/mol. The summed E-state index contributed by atoms with van der Waals surface area (Å²) >= 11 is 0. The third kappa shape index (κ3) is 4.22. The van der Waals surface area contributed by atoms with Gasteiger partial charge in [0.1, 0.15) is 0 Å². The SMILES string of the molecule is CCOc1ccc(S(=O)(=O)N2CCC3NCCC3C2)cc1OCC.Cl. The predicted octanol–water partition coefficient (Wildman–Crippen LogP) is 2.28. The highest BCUT2D eigenvalue weighted by Gasteiger charge is 2.37. The van der Waals surface area contributed by atoms with Gasteiger partial charge in [-0.1, -0.05) is 0 Å². The van der Waals surface area contributed by atoms with Gasteiger partial charge in [0.15, 0.2) is 11.5 Å². The lowest BCUT2D eigenvalue weighted by atomic mass is 9.95. The van der Waals surface area contributed by atoms with Crippen LogP contribution in [0.2, 0.25) is 0 Å². The van der Waals surface area contributed by atoms with Crippen LogP contribution in [0.5, 0.6) is 11.5 Å².